The molecule has 0 nitrogen and oxygen atoms in total. The number of hydrogen-bond acceptors (Lipinski definition) is 0. The van der Waals surface area contributed by atoms with Crippen LogP contribution in [0.15, 0.2) is 72.4 Å². The highest BCUT2D eigenvalue weighted by Gasteiger charge is 2.29. The maximum absolute atomic E-state index is 4.50. The Morgan fingerprint density at radius 2 is 2.10 bits per heavy atom. The number of alkyl halides is 1. The molecule has 0 aliphatic heterocycles. The first-order valence-electron chi connectivity index (χ1n) is 7.80. The van der Waals surface area contributed by atoms with Crippen molar-refractivity contribution in [1.82, 2.24) is 0 Å². The Balaban J connectivity index is 2.31. The van der Waals surface area contributed by atoms with E-state index in [0.717, 1.165) is 19.3 Å². The molecule has 0 bridgehead atoms. The number of allylic oxidation sites excluding steroid dienone is 11. The third-order valence-corrected chi connectivity index (χ3v) is 5.66. The monoisotopic (exact) mass is 392 g/mol. The minimum Gasteiger partial charge on any atom is -0.0947 e. The van der Waals surface area contributed by atoms with Gasteiger partial charge in [0.25, 0.3) is 0 Å². The Kier molecular flexibility index (Phi) is 5.86. The second kappa shape index (κ2) is 7.44. The summed E-state index contributed by atoms with van der Waals surface area (Å²) in [4.78, 5) is 0. The fraction of sp³-hybridized carbons (Fsp3) is 0.400. The fourth-order valence-electron chi connectivity index (χ4n) is 2.85. The molecule has 0 spiro atoms. The van der Waals surface area contributed by atoms with Crippen molar-refractivity contribution in [2.75, 3.05) is 0 Å². The summed E-state index contributed by atoms with van der Waals surface area (Å²) in [5.41, 5.74) is 2.77. The number of halogens is 1. The van der Waals surface area contributed by atoms with Crippen molar-refractivity contribution in [3.8, 4) is 0 Å². The predicted octanol–water partition coefficient (Wildman–Crippen LogP) is 6.34. The van der Waals surface area contributed by atoms with Gasteiger partial charge in [-0.3, -0.25) is 0 Å². The quantitative estimate of drug-likeness (QED) is 0.291. The number of hydrogen-bond donors (Lipinski definition) is 0. The van der Waals surface area contributed by atoms with Gasteiger partial charge in [0.2, 0.25) is 0 Å². The van der Waals surface area contributed by atoms with E-state index in [1.54, 1.807) is 0 Å². The molecule has 0 aromatic heterocycles. The highest BCUT2D eigenvalue weighted by Crippen LogP contribution is 2.42. The molecule has 2 rings (SSSR count). The SMILES string of the molecule is C=C(/C(=C\C(I)CC)C1C=CC=CC1)[C@]1(C)C=CC=CC1. The lowest BCUT2D eigenvalue weighted by Gasteiger charge is -2.34. The molecule has 112 valence electrons. The Hall–Kier alpha value is -0.830. The topological polar surface area (TPSA) is 0 Å². The summed E-state index contributed by atoms with van der Waals surface area (Å²) in [6.07, 6.45) is 23.5. The van der Waals surface area contributed by atoms with Crippen LogP contribution >= 0.6 is 22.6 Å². The van der Waals surface area contributed by atoms with E-state index in [9.17, 15) is 0 Å². The van der Waals surface area contributed by atoms with Crippen LogP contribution in [0.1, 0.15) is 33.1 Å². The summed E-state index contributed by atoms with van der Waals surface area (Å²) in [6.45, 7) is 9.05. The zero-order valence-electron chi connectivity index (χ0n) is 13.1. The van der Waals surface area contributed by atoms with Gasteiger partial charge in [-0.2, -0.15) is 0 Å². The molecule has 21 heavy (non-hydrogen) atoms. The van der Waals surface area contributed by atoms with Gasteiger partial charge in [0.15, 0.2) is 0 Å². The van der Waals surface area contributed by atoms with Gasteiger partial charge in [-0.05, 0) is 30.4 Å². The van der Waals surface area contributed by atoms with Crippen molar-refractivity contribution in [3.63, 3.8) is 0 Å². The minimum atomic E-state index is 0.0552. The first kappa shape index (κ1) is 16.5. The first-order valence-corrected chi connectivity index (χ1v) is 9.04. The molecule has 0 radical (unpaired) electrons. The summed E-state index contributed by atoms with van der Waals surface area (Å²) in [6, 6.07) is 0. The second-order valence-corrected chi connectivity index (χ2v) is 7.69. The van der Waals surface area contributed by atoms with Crippen molar-refractivity contribution >= 4 is 22.6 Å². The molecular formula is C20H25I. The lowest BCUT2D eigenvalue weighted by Crippen LogP contribution is -2.21. The summed E-state index contributed by atoms with van der Waals surface area (Å²) >= 11 is 2.53. The van der Waals surface area contributed by atoms with E-state index in [4.69, 9.17) is 0 Å². The van der Waals surface area contributed by atoms with Crippen LogP contribution in [-0.4, -0.2) is 3.92 Å². The van der Waals surface area contributed by atoms with Crippen LogP contribution in [0.4, 0.5) is 0 Å². The van der Waals surface area contributed by atoms with Gasteiger partial charge in [-0.25, -0.2) is 0 Å². The van der Waals surface area contributed by atoms with Crippen LogP contribution in [0.5, 0.6) is 0 Å². The summed E-state index contributed by atoms with van der Waals surface area (Å²) in [5.74, 6) is 0.474. The van der Waals surface area contributed by atoms with Gasteiger partial charge >= 0.3 is 0 Å². The van der Waals surface area contributed by atoms with Crippen LogP contribution in [0.2, 0.25) is 0 Å². The van der Waals surface area contributed by atoms with E-state index in [0.29, 0.717) is 9.84 Å². The molecule has 2 aliphatic carbocycles. The van der Waals surface area contributed by atoms with Gasteiger partial charge in [0.1, 0.15) is 0 Å². The normalized spacial score (nSPS) is 29.7. The first-order chi connectivity index (χ1) is 10.1. The molecule has 0 aromatic rings. The zero-order valence-corrected chi connectivity index (χ0v) is 15.2. The van der Waals surface area contributed by atoms with Crippen LogP contribution in [-0.2, 0) is 0 Å². The molecule has 2 unspecified atom stereocenters. The van der Waals surface area contributed by atoms with Gasteiger partial charge < -0.3 is 0 Å². The molecule has 0 fully saturated rings. The van der Waals surface area contributed by atoms with Gasteiger partial charge in [0.05, 0.1) is 0 Å². The molecule has 1 heteroatoms. The molecule has 0 heterocycles. The van der Waals surface area contributed by atoms with E-state index < -0.39 is 0 Å². The van der Waals surface area contributed by atoms with Gasteiger partial charge in [0, 0.05) is 15.3 Å². The molecular weight excluding hydrogens is 367 g/mol. The fourth-order valence-corrected chi connectivity index (χ4v) is 3.24. The van der Waals surface area contributed by atoms with E-state index in [-0.39, 0.29) is 5.41 Å². The molecule has 0 amide bonds. The molecule has 3 atom stereocenters. The van der Waals surface area contributed by atoms with Crippen molar-refractivity contribution in [3.05, 3.63) is 72.4 Å². The van der Waals surface area contributed by atoms with Crippen LogP contribution in [0.25, 0.3) is 0 Å². The standard InChI is InChI=1S/C20H25I/c1-4-18(21)15-19(17-11-7-5-8-12-17)16(2)20(3)13-9-6-10-14-20/h5-11,13,15,17-18H,2,4,12,14H2,1,3H3/b19-15+/t17?,18?,20-/m1/s1. The van der Waals surface area contributed by atoms with E-state index >= 15 is 0 Å². The third kappa shape index (κ3) is 4.09. The summed E-state index contributed by atoms with van der Waals surface area (Å²) < 4.78 is 0.570. The molecule has 0 saturated heterocycles. The summed E-state index contributed by atoms with van der Waals surface area (Å²) in [5, 5.41) is 0. The Morgan fingerprint density at radius 1 is 1.33 bits per heavy atom. The molecule has 0 aromatic carbocycles. The highest BCUT2D eigenvalue weighted by molar-refractivity contribution is 14.1. The average Bonchev–Trinajstić information content (AvgIpc) is 2.53. The lowest BCUT2D eigenvalue weighted by atomic mass is 9.71. The lowest BCUT2D eigenvalue weighted by molar-refractivity contribution is 0.513. The average molecular weight is 392 g/mol. The van der Waals surface area contributed by atoms with Crippen LogP contribution < -0.4 is 0 Å². The van der Waals surface area contributed by atoms with Crippen molar-refractivity contribution < 1.29 is 0 Å². The number of rotatable bonds is 5. The Labute approximate surface area is 143 Å². The van der Waals surface area contributed by atoms with Crippen molar-refractivity contribution in [2.24, 2.45) is 11.3 Å². The smallest absolute Gasteiger partial charge is 0.0292 e. The van der Waals surface area contributed by atoms with Crippen molar-refractivity contribution in [2.45, 2.75) is 37.0 Å². The van der Waals surface area contributed by atoms with E-state index in [1.165, 1.54) is 11.1 Å². The molecule has 0 N–H and O–H groups in total. The second-order valence-electron chi connectivity index (χ2n) is 6.09. The molecule has 0 saturated carbocycles. The minimum absolute atomic E-state index is 0.0552. The van der Waals surface area contributed by atoms with Gasteiger partial charge in [-0.15, -0.1) is 0 Å². The van der Waals surface area contributed by atoms with E-state index in [1.807, 2.05) is 0 Å². The maximum atomic E-state index is 4.50. The maximum Gasteiger partial charge on any atom is 0.0292 e. The Morgan fingerprint density at radius 3 is 2.67 bits per heavy atom. The zero-order chi connectivity index (χ0) is 15.3. The van der Waals surface area contributed by atoms with E-state index in [2.05, 4.69) is 97.7 Å². The highest BCUT2D eigenvalue weighted by atomic mass is 127. The van der Waals surface area contributed by atoms with Crippen LogP contribution in [0.3, 0.4) is 0 Å². The van der Waals surface area contributed by atoms with Crippen LogP contribution in [0, 0.1) is 11.3 Å². The predicted molar refractivity (Wildman–Crippen MR) is 103 cm³/mol. The largest absolute Gasteiger partial charge is 0.0947 e. The third-order valence-electron chi connectivity index (χ3n) is 4.42. The summed E-state index contributed by atoms with van der Waals surface area (Å²) in [7, 11) is 0. The van der Waals surface area contributed by atoms with Gasteiger partial charge in [-0.1, -0.05) is 97.7 Å². The van der Waals surface area contributed by atoms with Crippen molar-refractivity contribution in [1.29, 1.82) is 0 Å². The molecule has 2 aliphatic rings. The Bertz CT molecular complexity index is 530.